The van der Waals surface area contributed by atoms with Gasteiger partial charge in [-0.2, -0.15) is 0 Å². The summed E-state index contributed by atoms with van der Waals surface area (Å²) in [6, 6.07) is 13.6. The van der Waals surface area contributed by atoms with Gasteiger partial charge in [-0.15, -0.1) is 0 Å². The Bertz CT molecular complexity index is 786. The van der Waals surface area contributed by atoms with Gasteiger partial charge < -0.3 is 0 Å². The van der Waals surface area contributed by atoms with Gasteiger partial charge in [0, 0.05) is 32.8 Å². The minimum absolute atomic E-state index is 0.171. The van der Waals surface area contributed by atoms with Crippen molar-refractivity contribution in [2.24, 2.45) is 5.84 Å². The second kappa shape index (κ2) is 6.12. The molecule has 5 heteroatoms. The molecule has 2 aromatic carbocycles. The van der Waals surface area contributed by atoms with Crippen LogP contribution in [0.4, 0.5) is 0 Å². The van der Waals surface area contributed by atoms with Crippen molar-refractivity contribution in [3.8, 4) is 0 Å². The van der Waals surface area contributed by atoms with Crippen molar-refractivity contribution in [2.45, 2.75) is 6.04 Å². The van der Waals surface area contributed by atoms with Crippen molar-refractivity contribution in [2.75, 3.05) is 0 Å². The average molecular weight is 363 g/mol. The Labute approximate surface area is 136 Å². The van der Waals surface area contributed by atoms with Crippen LogP contribution in [-0.4, -0.2) is 4.98 Å². The molecule has 3 rings (SSSR count). The van der Waals surface area contributed by atoms with Crippen molar-refractivity contribution in [1.82, 2.24) is 10.4 Å². The molecule has 1 atom stereocenters. The Balaban J connectivity index is 2.18. The maximum absolute atomic E-state index is 6.01. The van der Waals surface area contributed by atoms with Crippen molar-refractivity contribution in [3.05, 3.63) is 75.5 Å². The normalized spacial score (nSPS) is 12.5. The van der Waals surface area contributed by atoms with Crippen LogP contribution < -0.4 is 11.3 Å². The molecule has 106 valence electrons. The van der Waals surface area contributed by atoms with Crippen LogP contribution in [0.5, 0.6) is 0 Å². The highest BCUT2D eigenvalue weighted by atomic mass is 79.9. The maximum atomic E-state index is 6.01. The van der Waals surface area contributed by atoms with Crippen LogP contribution in [0.15, 0.2) is 59.3 Å². The fourth-order valence-corrected chi connectivity index (χ4v) is 3.36. The van der Waals surface area contributed by atoms with E-state index in [2.05, 4.69) is 32.4 Å². The van der Waals surface area contributed by atoms with Gasteiger partial charge in [0.2, 0.25) is 0 Å². The van der Waals surface area contributed by atoms with Crippen molar-refractivity contribution in [3.63, 3.8) is 0 Å². The Morgan fingerprint density at radius 2 is 1.90 bits per heavy atom. The summed E-state index contributed by atoms with van der Waals surface area (Å²) in [4.78, 5) is 4.32. The first-order valence-electron chi connectivity index (χ1n) is 6.44. The predicted octanol–water partition coefficient (Wildman–Crippen LogP) is 4.20. The first-order valence-corrected chi connectivity index (χ1v) is 7.61. The molecule has 0 aliphatic heterocycles. The van der Waals surface area contributed by atoms with Gasteiger partial charge in [0.15, 0.2) is 0 Å². The molecule has 3 aromatic rings. The summed E-state index contributed by atoms with van der Waals surface area (Å²) < 4.78 is 0.908. The average Bonchev–Trinajstić information content (AvgIpc) is 2.50. The van der Waals surface area contributed by atoms with Gasteiger partial charge in [0.1, 0.15) is 0 Å². The van der Waals surface area contributed by atoms with Gasteiger partial charge in [0.05, 0.1) is 6.04 Å². The Morgan fingerprint density at radius 3 is 2.67 bits per heavy atom. The van der Waals surface area contributed by atoms with E-state index in [0.29, 0.717) is 5.02 Å². The summed E-state index contributed by atoms with van der Waals surface area (Å²) in [7, 11) is 0. The lowest BCUT2D eigenvalue weighted by Crippen LogP contribution is -2.29. The third-order valence-corrected chi connectivity index (χ3v) is 4.37. The third kappa shape index (κ3) is 2.80. The summed E-state index contributed by atoms with van der Waals surface area (Å²) >= 11 is 9.56. The van der Waals surface area contributed by atoms with E-state index in [1.165, 1.54) is 0 Å². The third-order valence-electron chi connectivity index (χ3n) is 3.45. The Kier molecular flexibility index (Phi) is 4.22. The monoisotopic (exact) mass is 361 g/mol. The van der Waals surface area contributed by atoms with Crippen molar-refractivity contribution < 1.29 is 0 Å². The number of rotatable bonds is 3. The minimum Gasteiger partial charge on any atom is -0.271 e. The van der Waals surface area contributed by atoms with Gasteiger partial charge in [-0.3, -0.25) is 10.8 Å². The fraction of sp³-hybridized carbons (Fsp3) is 0.0625. The molecule has 21 heavy (non-hydrogen) atoms. The van der Waals surface area contributed by atoms with Gasteiger partial charge in [0.25, 0.3) is 0 Å². The van der Waals surface area contributed by atoms with Gasteiger partial charge >= 0.3 is 0 Å². The SMILES string of the molecule is NNC(c1ccc(Cl)cc1Br)c1cncc2ccccc12. The fourth-order valence-electron chi connectivity index (χ4n) is 2.45. The van der Waals surface area contributed by atoms with E-state index in [1.807, 2.05) is 48.8 Å². The number of aromatic nitrogens is 1. The number of nitrogens with zero attached hydrogens (tertiary/aromatic N) is 1. The molecule has 1 aromatic heterocycles. The van der Waals surface area contributed by atoms with E-state index in [0.717, 1.165) is 26.4 Å². The molecule has 0 amide bonds. The molecule has 0 aliphatic carbocycles. The van der Waals surface area contributed by atoms with Crippen LogP contribution >= 0.6 is 27.5 Å². The van der Waals surface area contributed by atoms with Crippen LogP contribution in [0.1, 0.15) is 17.2 Å². The van der Waals surface area contributed by atoms with Crippen molar-refractivity contribution >= 4 is 38.3 Å². The minimum atomic E-state index is -0.171. The number of hydrogen-bond donors (Lipinski definition) is 2. The number of fused-ring (bicyclic) bond motifs is 1. The van der Waals surface area contributed by atoms with E-state index >= 15 is 0 Å². The van der Waals surface area contributed by atoms with E-state index in [-0.39, 0.29) is 6.04 Å². The molecule has 0 spiro atoms. The van der Waals surface area contributed by atoms with E-state index in [1.54, 1.807) is 0 Å². The summed E-state index contributed by atoms with van der Waals surface area (Å²) in [6.45, 7) is 0. The number of hydrogen-bond acceptors (Lipinski definition) is 3. The summed E-state index contributed by atoms with van der Waals surface area (Å²) in [6.07, 6.45) is 3.69. The number of benzene rings is 2. The molecule has 1 unspecified atom stereocenters. The number of nitrogens with two attached hydrogens (primary N) is 1. The predicted molar refractivity (Wildman–Crippen MR) is 90.1 cm³/mol. The van der Waals surface area contributed by atoms with Crippen LogP contribution in [0.3, 0.4) is 0 Å². The quantitative estimate of drug-likeness (QED) is 0.542. The van der Waals surface area contributed by atoms with E-state index < -0.39 is 0 Å². The largest absolute Gasteiger partial charge is 0.271 e. The zero-order valence-corrected chi connectivity index (χ0v) is 13.4. The first kappa shape index (κ1) is 14.5. The van der Waals surface area contributed by atoms with Gasteiger partial charge in [-0.05, 0) is 23.1 Å². The molecule has 0 bridgehead atoms. The molecule has 1 heterocycles. The summed E-state index contributed by atoms with van der Waals surface area (Å²) in [5.41, 5.74) is 4.91. The number of halogens is 2. The standard InChI is InChI=1S/C16H13BrClN3/c17-15-7-11(18)5-6-13(15)16(21-19)14-9-20-8-10-3-1-2-4-12(10)14/h1-9,16,21H,19H2. The van der Waals surface area contributed by atoms with Crippen LogP contribution in [-0.2, 0) is 0 Å². The summed E-state index contributed by atoms with van der Waals surface area (Å²) in [5.74, 6) is 5.80. The zero-order chi connectivity index (χ0) is 14.8. The number of nitrogens with one attached hydrogen (secondary N) is 1. The Hall–Kier alpha value is -1.46. The molecular formula is C16H13BrClN3. The second-order valence-corrected chi connectivity index (χ2v) is 6.01. The van der Waals surface area contributed by atoms with Gasteiger partial charge in [-0.25, -0.2) is 5.43 Å². The topological polar surface area (TPSA) is 50.9 Å². The van der Waals surface area contributed by atoms with Crippen LogP contribution in [0.25, 0.3) is 10.8 Å². The second-order valence-electron chi connectivity index (χ2n) is 4.72. The lowest BCUT2D eigenvalue weighted by Gasteiger charge is -2.20. The van der Waals surface area contributed by atoms with Crippen LogP contribution in [0, 0.1) is 0 Å². The zero-order valence-electron chi connectivity index (χ0n) is 11.1. The molecule has 0 aliphatic rings. The molecule has 0 radical (unpaired) electrons. The number of hydrazine groups is 1. The molecule has 3 N–H and O–H groups in total. The lowest BCUT2D eigenvalue weighted by molar-refractivity contribution is 0.637. The Morgan fingerprint density at radius 1 is 1.10 bits per heavy atom. The summed E-state index contributed by atoms with van der Waals surface area (Å²) in [5, 5.41) is 2.88. The smallest absolute Gasteiger partial charge is 0.0742 e. The molecule has 0 saturated carbocycles. The van der Waals surface area contributed by atoms with Crippen molar-refractivity contribution in [1.29, 1.82) is 0 Å². The maximum Gasteiger partial charge on any atom is 0.0742 e. The van der Waals surface area contributed by atoms with E-state index in [9.17, 15) is 0 Å². The molecular weight excluding hydrogens is 350 g/mol. The first-order chi connectivity index (χ1) is 10.2. The van der Waals surface area contributed by atoms with Gasteiger partial charge in [-0.1, -0.05) is 57.9 Å². The highest BCUT2D eigenvalue weighted by Crippen LogP contribution is 2.33. The number of pyridine rings is 1. The highest BCUT2D eigenvalue weighted by molar-refractivity contribution is 9.10. The van der Waals surface area contributed by atoms with E-state index in [4.69, 9.17) is 17.4 Å². The molecule has 3 nitrogen and oxygen atoms in total. The van der Waals surface area contributed by atoms with Crippen LogP contribution in [0.2, 0.25) is 5.02 Å². The lowest BCUT2D eigenvalue weighted by atomic mass is 9.96. The molecule has 0 saturated heterocycles. The molecule has 0 fully saturated rings. The highest BCUT2D eigenvalue weighted by Gasteiger charge is 2.18.